The van der Waals surface area contributed by atoms with Crippen molar-refractivity contribution in [2.45, 2.75) is 13.0 Å². The SMILES string of the molecule is CC(CN)NC1=NCCSC1. The average molecular weight is 173 g/mol. The first kappa shape index (κ1) is 8.87. The monoisotopic (exact) mass is 173 g/mol. The second-order valence-corrected chi connectivity index (χ2v) is 3.77. The molecule has 1 aliphatic heterocycles. The van der Waals surface area contributed by atoms with E-state index < -0.39 is 0 Å². The Bertz CT molecular complexity index is 147. The molecular formula is C7H15N3S. The van der Waals surface area contributed by atoms with Crippen LogP contribution in [0.4, 0.5) is 0 Å². The molecule has 1 unspecified atom stereocenters. The minimum Gasteiger partial charge on any atom is -0.369 e. The molecule has 0 radical (unpaired) electrons. The van der Waals surface area contributed by atoms with Gasteiger partial charge in [0.05, 0.1) is 12.3 Å². The van der Waals surface area contributed by atoms with Gasteiger partial charge in [-0.1, -0.05) is 0 Å². The molecule has 0 spiro atoms. The van der Waals surface area contributed by atoms with Crippen LogP contribution < -0.4 is 11.1 Å². The highest BCUT2D eigenvalue weighted by Gasteiger charge is 2.06. The van der Waals surface area contributed by atoms with Gasteiger partial charge in [0.15, 0.2) is 0 Å². The van der Waals surface area contributed by atoms with Gasteiger partial charge >= 0.3 is 0 Å². The first-order valence-electron chi connectivity index (χ1n) is 3.90. The van der Waals surface area contributed by atoms with E-state index in [0.29, 0.717) is 12.6 Å². The van der Waals surface area contributed by atoms with Crippen LogP contribution in [-0.4, -0.2) is 36.5 Å². The number of aliphatic imine (C=N–C) groups is 1. The molecule has 1 aliphatic rings. The smallest absolute Gasteiger partial charge is 0.107 e. The van der Waals surface area contributed by atoms with Gasteiger partial charge in [0.1, 0.15) is 5.84 Å². The highest BCUT2D eigenvalue weighted by molar-refractivity contribution is 8.00. The molecule has 0 aromatic rings. The first-order chi connectivity index (χ1) is 5.33. The summed E-state index contributed by atoms with van der Waals surface area (Å²) in [5.41, 5.74) is 5.46. The average Bonchev–Trinajstić information content (AvgIpc) is 2.06. The second kappa shape index (κ2) is 4.62. The van der Waals surface area contributed by atoms with Crippen LogP contribution in [-0.2, 0) is 0 Å². The standard InChI is InChI=1S/C7H15N3S/c1-6(4-8)10-7-5-11-3-2-9-7/h6H,2-5,8H2,1H3,(H,9,10). The fourth-order valence-electron chi connectivity index (χ4n) is 0.890. The zero-order valence-corrected chi connectivity index (χ0v) is 7.66. The Balaban J connectivity index is 2.29. The van der Waals surface area contributed by atoms with Crippen LogP contribution >= 0.6 is 11.8 Å². The number of nitrogens with one attached hydrogen (secondary N) is 1. The number of nitrogens with zero attached hydrogens (tertiary/aromatic N) is 1. The highest BCUT2D eigenvalue weighted by atomic mass is 32.2. The van der Waals surface area contributed by atoms with E-state index in [1.54, 1.807) is 0 Å². The summed E-state index contributed by atoms with van der Waals surface area (Å²) in [6, 6.07) is 0.354. The van der Waals surface area contributed by atoms with Crippen LogP contribution in [0.1, 0.15) is 6.92 Å². The maximum Gasteiger partial charge on any atom is 0.107 e. The van der Waals surface area contributed by atoms with E-state index in [2.05, 4.69) is 17.2 Å². The summed E-state index contributed by atoms with van der Waals surface area (Å²) < 4.78 is 0. The molecule has 3 nitrogen and oxygen atoms in total. The van der Waals surface area contributed by atoms with Crippen molar-refractivity contribution in [2.24, 2.45) is 10.7 Å². The Morgan fingerprint density at radius 1 is 1.82 bits per heavy atom. The van der Waals surface area contributed by atoms with Crippen molar-refractivity contribution >= 4 is 17.6 Å². The Labute approximate surface area is 71.8 Å². The largest absolute Gasteiger partial charge is 0.369 e. The first-order valence-corrected chi connectivity index (χ1v) is 5.06. The fourth-order valence-corrected chi connectivity index (χ4v) is 1.62. The van der Waals surface area contributed by atoms with Gasteiger partial charge in [-0.2, -0.15) is 11.8 Å². The minimum atomic E-state index is 0.354. The van der Waals surface area contributed by atoms with E-state index in [1.165, 1.54) is 0 Å². The van der Waals surface area contributed by atoms with Gasteiger partial charge in [-0.25, -0.2) is 0 Å². The van der Waals surface area contributed by atoms with Gasteiger partial charge in [0.2, 0.25) is 0 Å². The van der Waals surface area contributed by atoms with Crippen molar-refractivity contribution in [2.75, 3.05) is 24.6 Å². The lowest BCUT2D eigenvalue weighted by Gasteiger charge is -2.17. The van der Waals surface area contributed by atoms with Gasteiger partial charge in [-0.3, -0.25) is 4.99 Å². The third-order valence-corrected chi connectivity index (χ3v) is 2.49. The normalized spacial score (nSPS) is 20.7. The van der Waals surface area contributed by atoms with Gasteiger partial charge in [-0.05, 0) is 6.92 Å². The summed E-state index contributed by atoms with van der Waals surface area (Å²) in [7, 11) is 0. The number of nitrogens with two attached hydrogens (primary N) is 1. The fraction of sp³-hybridized carbons (Fsp3) is 0.857. The lowest BCUT2D eigenvalue weighted by atomic mass is 10.3. The van der Waals surface area contributed by atoms with Gasteiger partial charge < -0.3 is 11.1 Å². The minimum absolute atomic E-state index is 0.354. The molecule has 0 aromatic heterocycles. The molecule has 1 rings (SSSR count). The molecule has 0 fully saturated rings. The van der Waals surface area contributed by atoms with E-state index >= 15 is 0 Å². The summed E-state index contributed by atoms with van der Waals surface area (Å²) in [6.07, 6.45) is 0. The van der Waals surface area contributed by atoms with Crippen molar-refractivity contribution in [1.82, 2.24) is 5.32 Å². The zero-order chi connectivity index (χ0) is 8.10. The van der Waals surface area contributed by atoms with Crippen LogP contribution in [0.5, 0.6) is 0 Å². The maximum atomic E-state index is 5.46. The summed E-state index contributed by atoms with van der Waals surface area (Å²) in [6.45, 7) is 3.69. The lowest BCUT2D eigenvalue weighted by Crippen LogP contribution is -2.40. The van der Waals surface area contributed by atoms with Crippen LogP contribution in [0.25, 0.3) is 0 Å². The molecule has 64 valence electrons. The number of rotatable bonds is 2. The predicted molar refractivity (Wildman–Crippen MR) is 51.3 cm³/mol. The molecule has 0 bridgehead atoms. The predicted octanol–water partition coefficient (Wildman–Crippen LogP) is 0.0685. The lowest BCUT2D eigenvalue weighted by molar-refractivity contribution is 0.670. The number of amidine groups is 1. The third-order valence-electron chi connectivity index (χ3n) is 1.54. The summed E-state index contributed by atoms with van der Waals surface area (Å²) in [5.74, 6) is 3.28. The molecule has 0 saturated carbocycles. The van der Waals surface area contributed by atoms with E-state index in [1.807, 2.05) is 11.8 Å². The van der Waals surface area contributed by atoms with Crippen LogP contribution in [0.3, 0.4) is 0 Å². The quantitative estimate of drug-likeness (QED) is 0.621. The number of thioether (sulfide) groups is 1. The topological polar surface area (TPSA) is 50.4 Å². The summed E-state index contributed by atoms with van der Waals surface area (Å²) >= 11 is 1.92. The Kier molecular flexibility index (Phi) is 3.72. The van der Waals surface area contributed by atoms with Crippen molar-refractivity contribution < 1.29 is 0 Å². The Morgan fingerprint density at radius 2 is 2.64 bits per heavy atom. The Hall–Kier alpha value is -0.220. The molecule has 4 heteroatoms. The van der Waals surface area contributed by atoms with Gasteiger partial charge in [-0.15, -0.1) is 0 Å². The van der Waals surface area contributed by atoms with Gasteiger partial charge in [0, 0.05) is 18.3 Å². The second-order valence-electron chi connectivity index (χ2n) is 2.66. The molecule has 11 heavy (non-hydrogen) atoms. The third kappa shape index (κ3) is 3.12. The molecule has 0 aromatic carbocycles. The van der Waals surface area contributed by atoms with Crippen LogP contribution in [0.15, 0.2) is 4.99 Å². The van der Waals surface area contributed by atoms with Gasteiger partial charge in [0.25, 0.3) is 0 Å². The van der Waals surface area contributed by atoms with Crippen LogP contribution in [0.2, 0.25) is 0 Å². The van der Waals surface area contributed by atoms with Crippen molar-refractivity contribution in [3.8, 4) is 0 Å². The van der Waals surface area contributed by atoms with Crippen molar-refractivity contribution in [3.63, 3.8) is 0 Å². The molecule has 3 N–H and O–H groups in total. The maximum absolute atomic E-state index is 5.46. The van der Waals surface area contributed by atoms with E-state index in [0.717, 1.165) is 23.9 Å². The number of hydrogen-bond acceptors (Lipinski definition) is 4. The van der Waals surface area contributed by atoms with E-state index in [-0.39, 0.29) is 0 Å². The molecular weight excluding hydrogens is 158 g/mol. The number of hydrogen-bond donors (Lipinski definition) is 2. The van der Waals surface area contributed by atoms with Crippen molar-refractivity contribution in [1.29, 1.82) is 0 Å². The molecule has 0 aliphatic carbocycles. The van der Waals surface area contributed by atoms with Crippen molar-refractivity contribution in [3.05, 3.63) is 0 Å². The molecule has 1 heterocycles. The molecule has 0 saturated heterocycles. The highest BCUT2D eigenvalue weighted by Crippen LogP contribution is 2.05. The zero-order valence-electron chi connectivity index (χ0n) is 6.84. The van der Waals surface area contributed by atoms with E-state index in [4.69, 9.17) is 5.73 Å². The van der Waals surface area contributed by atoms with E-state index in [9.17, 15) is 0 Å². The summed E-state index contributed by atoms with van der Waals surface area (Å²) in [4.78, 5) is 4.35. The molecule has 0 amide bonds. The Morgan fingerprint density at radius 3 is 3.18 bits per heavy atom. The molecule has 1 atom stereocenters. The summed E-state index contributed by atoms with van der Waals surface area (Å²) in [5, 5.41) is 3.27. The van der Waals surface area contributed by atoms with Crippen LogP contribution in [0, 0.1) is 0 Å².